The van der Waals surface area contributed by atoms with Gasteiger partial charge in [-0.1, -0.05) is 35.9 Å². The molecule has 0 radical (unpaired) electrons. The smallest absolute Gasteiger partial charge is 0.222 e. The van der Waals surface area contributed by atoms with E-state index in [0.29, 0.717) is 18.8 Å². The zero-order valence-corrected chi connectivity index (χ0v) is 13.9. The first-order chi connectivity index (χ1) is 11.2. The lowest BCUT2D eigenvalue weighted by molar-refractivity contribution is -0.130. The quantitative estimate of drug-likeness (QED) is 0.837. The van der Waals surface area contributed by atoms with Crippen molar-refractivity contribution >= 4 is 17.5 Å². The number of aromatic nitrogens is 1. The molecule has 1 aliphatic rings. The number of hydrogen-bond donors (Lipinski definition) is 0. The highest BCUT2D eigenvalue weighted by molar-refractivity contribution is 6.31. The fourth-order valence-electron chi connectivity index (χ4n) is 3.18. The standard InChI is InChI=1S/C19H21ClN2O/c20-18-6-2-1-5-17(18)7-8-19(23)22-11-9-16(14-22)12-15-4-3-10-21-13-15/h1-6,10,13,16H,7-9,11-12,14H2. The van der Waals surface area contributed by atoms with Gasteiger partial charge < -0.3 is 4.90 Å². The second-order valence-electron chi connectivity index (χ2n) is 6.15. The van der Waals surface area contributed by atoms with Crippen molar-refractivity contribution in [2.45, 2.75) is 25.7 Å². The number of benzene rings is 1. The van der Waals surface area contributed by atoms with Crippen molar-refractivity contribution in [2.24, 2.45) is 5.92 Å². The monoisotopic (exact) mass is 328 g/mol. The Morgan fingerprint density at radius 1 is 1.26 bits per heavy atom. The molecule has 1 atom stereocenters. The topological polar surface area (TPSA) is 33.2 Å². The minimum Gasteiger partial charge on any atom is -0.342 e. The minimum absolute atomic E-state index is 0.235. The van der Waals surface area contributed by atoms with E-state index in [4.69, 9.17) is 11.6 Å². The van der Waals surface area contributed by atoms with Gasteiger partial charge in [-0.05, 0) is 48.4 Å². The molecule has 0 N–H and O–H groups in total. The van der Waals surface area contributed by atoms with Crippen LogP contribution in [-0.4, -0.2) is 28.9 Å². The molecule has 0 aliphatic carbocycles. The number of aryl methyl sites for hydroxylation is 1. The summed E-state index contributed by atoms with van der Waals surface area (Å²) in [6.45, 7) is 1.72. The molecular formula is C19H21ClN2O. The van der Waals surface area contributed by atoms with Crippen molar-refractivity contribution in [3.8, 4) is 0 Å². The van der Waals surface area contributed by atoms with Gasteiger partial charge in [-0.3, -0.25) is 9.78 Å². The van der Waals surface area contributed by atoms with E-state index in [2.05, 4.69) is 11.1 Å². The maximum absolute atomic E-state index is 12.4. The molecule has 0 bridgehead atoms. The zero-order valence-electron chi connectivity index (χ0n) is 13.1. The van der Waals surface area contributed by atoms with Crippen molar-refractivity contribution in [3.63, 3.8) is 0 Å². The minimum atomic E-state index is 0.235. The van der Waals surface area contributed by atoms with Crippen LogP contribution in [0.15, 0.2) is 48.8 Å². The van der Waals surface area contributed by atoms with Crippen molar-refractivity contribution in [2.75, 3.05) is 13.1 Å². The van der Waals surface area contributed by atoms with Crippen LogP contribution >= 0.6 is 11.6 Å². The van der Waals surface area contributed by atoms with E-state index >= 15 is 0 Å². The van der Waals surface area contributed by atoms with Crippen molar-refractivity contribution < 1.29 is 4.79 Å². The third kappa shape index (κ3) is 4.32. The summed E-state index contributed by atoms with van der Waals surface area (Å²) < 4.78 is 0. The molecule has 3 rings (SSSR count). The van der Waals surface area contributed by atoms with Crippen LogP contribution in [0.4, 0.5) is 0 Å². The summed E-state index contributed by atoms with van der Waals surface area (Å²) in [5.41, 5.74) is 2.30. The highest BCUT2D eigenvalue weighted by Crippen LogP contribution is 2.22. The average molecular weight is 329 g/mol. The molecule has 1 amide bonds. The van der Waals surface area contributed by atoms with E-state index in [0.717, 1.165) is 36.5 Å². The number of hydrogen-bond acceptors (Lipinski definition) is 2. The predicted octanol–water partition coefficient (Wildman–Crippen LogP) is 3.76. The molecule has 2 heterocycles. The fraction of sp³-hybridized carbons (Fsp3) is 0.368. The van der Waals surface area contributed by atoms with Gasteiger partial charge in [0.25, 0.3) is 0 Å². The molecule has 1 aliphatic heterocycles. The SMILES string of the molecule is O=C(CCc1ccccc1Cl)N1CCC(Cc2cccnc2)C1. The third-order valence-corrected chi connectivity index (χ3v) is 4.82. The second-order valence-corrected chi connectivity index (χ2v) is 6.56. The summed E-state index contributed by atoms with van der Waals surface area (Å²) in [7, 11) is 0. The Morgan fingerprint density at radius 2 is 2.13 bits per heavy atom. The highest BCUT2D eigenvalue weighted by Gasteiger charge is 2.26. The summed E-state index contributed by atoms with van der Waals surface area (Å²) in [6, 6.07) is 11.8. The van der Waals surface area contributed by atoms with E-state index in [1.54, 1.807) is 6.20 Å². The van der Waals surface area contributed by atoms with Crippen molar-refractivity contribution in [1.29, 1.82) is 0 Å². The lowest BCUT2D eigenvalue weighted by atomic mass is 10.00. The molecule has 1 unspecified atom stereocenters. The van der Waals surface area contributed by atoms with Crippen LogP contribution in [0.2, 0.25) is 5.02 Å². The van der Waals surface area contributed by atoms with Crippen molar-refractivity contribution in [3.05, 3.63) is 64.9 Å². The summed E-state index contributed by atoms with van der Waals surface area (Å²) >= 11 is 6.15. The lowest BCUT2D eigenvalue weighted by Crippen LogP contribution is -2.29. The largest absolute Gasteiger partial charge is 0.342 e. The number of carbonyl (C=O) groups is 1. The average Bonchev–Trinajstić information content (AvgIpc) is 3.03. The molecule has 1 aromatic carbocycles. The van der Waals surface area contributed by atoms with E-state index in [9.17, 15) is 4.79 Å². The molecule has 4 heteroatoms. The highest BCUT2D eigenvalue weighted by atomic mass is 35.5. The van der Waals surface area contributed by atoms with Gasteiger partial charge in [0.05, 0.1) is 0 Å². The summed E-state index contributed by atoms with van der Waals surface area (Å²) in [5.74, 6) is 0.780. The van der Waals surface area contributed by atoms with Crippen LogP contribution in [0.25, 0.3) is 0 Å². The van der Waals surface area contributed by atoms with Gasteiger partial charge in [-0.2, -0.15) is 0 Å². The van der Waals surface area contributed by atoms with E-state index in [1.165, 1.54) is 5.56 Å². The first-order valence-corrected chi connectivity index (χ1v) is 8.50. The van der Waals surface area contributed by atoms with Crippen LogP contribution in [0.5, 0.6) is 0 Å². The van der Waals surface area contributed by atoms with Gasteiger partial charge in [0, 0.05) is 36.9 Å². The predicted molar refractivity (Wildman–Crippen MR) is 92.4 cm³/mol. The Hall–Kier alpha value is -1.87. The molecule has 1 saturated heterocycles. The summed E-state index contributed by atoms with van der Waals surface area (Å²) in [6.07, 6.45) is 7.03. The van der Waals surface area contributed by atoms with Gasteiger partial charge in [0.15, 0.2) is 0 Å². The molecule has 3 nitrogen and oxygen atoms in total. The van der Waals surface area contributed by atoms with Gasteiger partial charge in [-0.25, -0.2) is 0 Å². The molecular weight excluding hydrogens is 308 g/mol. The molecule has 0 saturated carbocycles. The molecule has 120 valence electrons. The Kier molecular flexibility index (Phi) is 5.29. The molecule has 23 heavy (non-hydrogen) atoms. The Morgan fingerprint density at radius 3 is 2.91 bits per heavy atom. The number of carbonyl (C=O) groups excluding carboxylic acids is 1. The molecule has 0 spiro atoms. The van der Waals surface area contributed by atoms with Crippen LogP contribution in [0.3, 0.4) is 0 Å². The number of pyridine rings is 1. The van der Waals surface area contributed by atoms with Gasteiger partial charge in [0.1, 0.15) is 0 Å². The van der Waals surface area contributed by atoms with Gasteiger partial charge >= 0.3 is 0 Å². The van der Waals surface area contributed by atoms with Crippen molar-refractivity contribution in [1.82, 2.24) is 9.88 Å². The van der Waals surface area contributed by atoms with E-state index < -0.39 is 0 Å². The molecule has 1 fully saturated rings. The Bertz CT molecular complexity index is 659. The van der Waals surface area contributed by atoms with Crippen LogP contribution < -0.4 is 0 Å². The van der Waals surface area contributed by atoms with Gasteiger partial charge in [0.2, 0.25) is 5.91 Å². The first-order valence-electron chi connectivity index (χ1n) is 8.12. The lowest BCUT2D eigenvalue weighted by Gasteiger charge is -2.17. The third-order valence-electron chi connectivity index (χ3n) is 4.45. The Balaban J connectivity index is 1.49. The molecule has 1 aromatic heterocycles. The second kappa shape index (κ2) is 7.60. The summed E-state index contributed by atoms with van der Waals surface area (Å²) in [4.78, 5) is 18.6. The number of rotatable bonds is 5. The van der Waals surface area contributed by atoms with Crippen LogP contribution in [0.1, 0.15) is 24.0 Å². The maximum Gasteiger partial charge on any atom is 0.222 e. The van der Waals surface area contributed by atoms with E-state index in [-0.39, 0.29) is 5.91 Å². The van der Waals surface area contributed by atoms with Gasteiger partial charge in [-0.15, -0.1) is 0 Å². The number of halogens is 1. The zero-order chi connectivity index (χ0) is 16.1. The van der Waals surface area contributed by atoms with Crippen LogP contribution in [0, 0.1) is 5.92 Å². The molecule has 2 aromatic rings. The van der Waals surface area contributed by atoms with E-state index in [1.807, 2.05) is 41.4 Å². The normalized spacial score (nSPS) is 17.4. The fourth-order valence-corrected chi connectivity index (χ4v) is 3.41. The Labute approximate surface area is 142 Å². The van der Waals surface area contributed by atoms with Crippen LogP contribution in [-0.2, 0) is 17.6 Å². The number of amides is 1. The maximum atomic E-state index is 12.4. The summed E-state index contributed by atoms with van der Waals surface area (Å²) in [5, 5.41) is 0.746. The first kappa shape index (κ1) is 16.0. The number of likely N-dealkylation sites (tertiary alicyclic amines) is 1. The number of nitrogens with zero attached hydrogens (tertiary/aromatic N) is 2.